The zero-order chi connectivity index (χ0) is 9.17. The van der Waals surface area contributed by atoms with Crippen LogP contribution in [0.4, 0.5) is 0 Å². The fourth-order valence-corrected chi connectivity index (χ4v) is 2.55. The Labute approximate surface area is 82.0 Å². The largest absolute Gasteiger partial charge is 0.473 e. The summed E-state index contributed by atoms with van der Waals surface area (Å²) in [5, 5.41) is 0. The predicted octanol–water partition coefficient (Wildman–Crippen LogP) is 2.71. The fraction of sp³-hybridized carbons (Fsp3) is 0.0769. The Morgan fingerprint density at radius 1 is 0.857 bits per heavy atom. The number of ether oxygens (including phenoxy) is 1. The van der Waals surface area contributed by atoms with Crippen LogP contribution in [-0.2, 0) is 5.60 Å². The first-order valence-corrected chi connectivity index (χ1v) is 4.80. The molecule has 1 spiro atoms. The van der Waals surface area contributed by atoms with E-state index in [0.29, 0.717) is 0 Å². The van der Waals surface area contributed by atoms with Crippen molar-refractivity contribution in [3.8, 4) is 5.75 Å². The van der Waals surface area contributed by atoms with Gasteiger partial charge in [-0.25, -0.2) is 0 Å². The van der Waals surface area contributed by atoms with Crippen molar-refractivity contribution in [2.24, 2.45) is 0 Å². The summed E-state index contributed by atoms with van der Waals surface area (Å²) >= 11 is 0. The van der Waals surface area contributed by atoms with Gasteiger partial charge in [-0.15, -0.1) is 0 Å². The van der Waals surface area contributed by atoms with Gasteiger partial charge in [0.1, 0.15) is 5.75 Å². The molecular formula is C13H8O. The normalized spacial score (nSPS) is 22.6. The molecule has 0 fully saturated rings. The summed E-state index contributed by atoms with van der Waals surface area (Å²) in [6, 6.07) is 8.36. The highest BCUT2D eigenvalue weighted by molar-refractivity contribution is 5.66. The first kappa shape index (κ1) is 6.66. The molecule has 0 atom stereocenters. The van der Waals surface area contributed by atoms with E-state index in [-0.39, 0.29) is 5.60 Å². The second-order valence-corrected chi connectivity index (χ2v) is 3.88. The van der Waals surface area contributed by atoms with Crippen LogP contribution in [0, 0.1) is 0 Å². The monoisotopic (exact) mass is 180 g/mol. The highest BCUT2D eigenvalue weighted by Crippen LogP contribution is 2.52. The molecule has 2 aliphatic carbocycles. The zero-order valence-electron chi connectivity index (χ0n) is 7.53. The van der Waals surface area contributed by atoms with Gasteiger partial charge in [-0.05, 0) is 12.1 Å². The summed E-state index contributed by atoms with van der Waals surface area (Å²) in [6.07, 6.45) is 8.58. The summed E-state index contributed by atoms with van der Waals surface area (Å²) in [4.78, 5) is 0. The van der Waals surface area contributed by atoms with Crippen molar-refractivity contribution >= 4 is 0 Å². The van der Waals surface area contributed by atoms with Gasteiger partial charge in [0, 0.05) is 16.7 Å². The van der Waals surface area contributed by atoms with Crippen LogP contribution >= 0.6 is 0 Å². The Morgan fingerprint density at radius 2 is 1.50 bits per heavy atom. The fourth-order valence-electron chi connectivity index (χ4n) is 2.55. The van der Waals surface area contributed by atoms with Crippen molar-refractivity contribution in [1.82, 2.24) is 0 Å². The van der Waals surface area contributed by atoms with E-state index in [2.05, 4.69) is 36.4 Å². The average molecular weight is 180 g/mol. The number of rotatable bonds is 0. The molecule has 0 amide bonds. The van der Waals surface area contributed by atoms with Crippen LogP contribution < -0.4 is 4.74 Å². The summed E-state index contributed by atoms with van der Waals surface area (Å²) in [7, 11) is 0. The predicted molar refractivity (Wildman–Crippen MR) is 54.1 cm³/mol. The van der Waals surface area contributed by atoms with E-state index >= 15 is 0 Å². The molecule has 1 aromatic rings. The lowest BCUT2D eigenvalue weighted by Crippen LogP contribution is -2.34. The van der Waals surface area contributed by atoms with Gasteiger partial charge >= 0.3 is 0 Å². The van der Waals surface area contributed by atoms with E-state index in [1.807, 2.05) is 12.1 Å². The van der Waals surface area contributed by atoms with Gasteiger partial charge in [0.25, 0.3) is 0 Å². The van der Waals surface area contributed by atoms with Crippen LogP contribution in [0.25, 0.3) is 0 Å². The number of benzene rings is 1. The molecule has 2 heterocycles. The Bertz CT molecular complexity index is 493. The Kier molecular flexibility index (Phi) is 0.880. The molecule has 66 valence electrons. The first-order chi connectivity index (χ1) is 6.89. The average Bonchev–Trinajstić information content (AvgIpc) is 2.75. The molecule has 1 aromatic carbocycles. The Morgan fingerprint density at radius 3 is 1.93 bits per heavy atom. The van der Waals surface area contributed by atoms with E-state index in [9.17, 15) is 0 Å². The molecule has 1 nitrogen and oxygen atoms in total. The van der Waals surface area contributed by atoms with Crippen LogP contribution in [0.1, 0.15) is 5.56 Å². The van der Waals surface area contributed by atoms with Gasteiger partial charge in [0.15, 0.2) is 5.60 Å². The molecule has 14 heavy (non-hydrogen) atoms. The van der Waals surface area contributed by atoms with Gasteiger partial charge in [-0.2, -0.15) is 0 Å². The summed E-state index contributed by atoms with van der Waals surface area (Å²) < 4.78 is 6.03. The Balaban J connectivity index is 2.07. The third kappa shape index (κ3) is 0.514. The zero-order valence-corrected chi connectivity index (χ0v) is 7.53. The highest BCUT2D eigenvalue weighted by atomic mass is 16.5. The molecule has 0 saturated carbocycles. The van der Waals surface area contributed by atoms with Crippen molar-refractivity contribution in [2.75, 3.05) is 0 Å². The third-order valence-electron chi connectivity index (χ3n) is 3.23. The van der Waals surface area contributed by atoms with Gasteiger partial charge in [0.05, 0.1) is 0 Å². The van der Waals surface area contributed by atoms with E-state index in [0.717, 1.165) is 5.75 Å². The summed E-state index contributed by atoms with van der Waals surface area (Å²) in [5.41, 5.74) is 3.49. The first-order valence-electron chi connectivity index (χ1n) is 4.80. The maximum Gasteiger partial charge on any atom is 0.184 e. The van der Waals surface area contributed by atoms with Gasteiger partial charge in [-0.3, -0.25) is 0 Å². The van der Waals surface area contributed by atoms with Crippen LogP contribution in [0.2, 0.25) is 0 Å². The van der Waals surface area contributed by atoms with Crippen LogP contribution in [0.15, 0.2) is 59.7 Å². The minimum atomic E-state index is -0.265. The summed E-state index contributed by atoms with van der Waals surface area (Å²) in [5.74, 6) is 0.961. The van der Waals surface area contributed by atoms with E-state index in [1.54, 1.807) is 0 Å². The second-order valence-electron chi connectivity index (χ2n) is 3.88. The number of hydrogen-bond donors (Lipinski definition) is 0. The van der Waals surface area contributed by atoms with Crippen molar-refractivity contribution < 1.29 is 4.74 Å². The van der Waals surface area contributed by atoms with E-state index < -0.39 is 0 Å². The lowest BCUT2D eigenvalue weighted by atomic mass is 9.85. The molecule has 5 rings (SSSR count). The molecule has 0 radical (unpaired) electrons. The minimum absolute atomic E-state index is 0.265. The van der Waals surface area contributed by atoms with Gasteiger partial charge in [-0.1, -0.05) is 36.4 Å². The van der Waals surface area contributed by atoms with Crippen molar-refractivity contribution in [3.05, 3.63) is 65.3 Å². The van der Waals surface area contributed by atoms with Crippen molar-refractivity contribution in [1.29, 1.82) is 0 Å². The lowest BCUT2D eigenvalue weighted by Gasteiger charge is -2.35. The highest BCUT2D eigenvalue weighted by Gasteiger charge is 2.47. The van der Waals surface area contributed by atoms with E-state index in [4.69, 9.17) is 4.74 Å². The molecular weight excluding hydrogens is 172 g/mol. The van der Waals surface area contributed by atoms with Crippen molar-refractivity contribution in [2.45, 2.75) is 5.60 Å². The van der Waals surface area contributed by atoms with E-state index in [1.165, 1.54) is 16.7 Å². The van der Waals surface area contributed by atoms with Crippen LogP contribution in [-0.4, -0.2) is 0 Å². The SMILES string of the molecule is C1=CC2=CC=C1C21Oc2ccc1cc2. The van der Waals surface area contributed by atoms with Crippen molar-refractivity contribution in [3.63, 3.8) is 0 Å². The molecule has 2 aliphatic heterocycles. The topological polar surface area (TPSA) is 9.23 Å². The third-order valence-corrected chi connectivity index (χ3v) is 3.23. The smallest absolute Gasteiger partial charge is 0.184 e. The van der Waals surface area contributed by atoms with Crippen LogP contribution in [0.5, 0.6) is 5.75 Å². The second kappa shape index (κ2) is 1.85. The quantitative estimate of drug-likeness (QED) is 0.596. The molecule has 0 saturated heterocycles. The maximum absolute atomic E-state index is 6.03. The minimum Gasteiger partial charge on any atom is -0.473 e. The molecule has 4 aliphatic rings. The standard InChI is InChI=1S/C13H8O/c1-2-10-4-3-9(1)13(10)11-5-7-12(14-13)8-6-11/h1-8H. The van der Waals surface area contributed by atoms with Gasteiger partial charge < -0.3 is 4.74 Å². The number of allylic oxidation sites excluding steroid dienone is 2. The molecule has 0 unspecified atom stereocenters. The molecule has 0 aromatic heterocycles. The molecule has 4 bridgehead atoms. The Hall–Kier alpha value is -1.76. The number of hydrogen-bond acceptors (Lipinski definition) is 1. The number of fused-ring (bicyclic) bond motifs is 2. The molecule has 0 N–H and O–H groups in total. The lowest BCUT2D eigenvalue weighted by molar-refractivity contribution is 0.152. The molecule has 1 heteroatoms. The van der Waals surface area contributed by atoms with Crippen LogP contribution in [0.3, 0.4) is 0 Å². The van der Waals surface area contributed by atoms with Gasteiger partial charge in [0.2, 0.25) is 0 Å². The summed E-state index contributed by atoms with van der Waals surface area (Å²) in [6.45, 7) is 0. The maximum atomic E-state index is 6.03.